The van der Waals surface area contributed by atoms with Gasteiger partial charge in [0.05, 0.1) is 11.5 Å². The van der Waals surface area contributed by atoms with E-state index in [0.717, 1.165) is 34.8 Å². The second-order valence-corrected chi connectivity index (χ2v) is 7.46. The zero-order valence-electron chi connectivity index (χ0n) is 15.8. The van der Waals surface area contributed by atoms with Crippen molar-refractivity contribution in [1.82, 2.24) is 4.37 Å². The van der Waals surface area contributed by atoms with Gasteiger partial charge in [0.15, 0.2) is 0 Å². The minimum Gasteiger partial charge on any atom is -0.491 e. The van der Waals surface area contributed by atoms with Crippen LogP contribution in [0, 0.1) is 0 Å². The van der Waals surface area contributed by atoms with Gasteiger partial charge in [-0.05, 0) is 61.2 Å². The first kappa shape index (κ1) is 18.8. The average Bonchev–Trinajstić information content (AvgIpc) is 3.33. The van der Waals surface area contributed by atoms with E-state index in [2.05, 4.69) is 10.4 Å². The fourth-order valence-corrected chi connectivity index (χ4v) is 4.17. The summed E-state index contributed by atoms with van der Waals surface area (Å²) >= 11 is 1.34. The standard InChI is InChI=1S/C22H23NO4S/c1-2-25-12-13-26-19-5-3-4-17-18(19)10-11-20(17)27-16-8-6-15(7-9-16)21-14-22(24)23-28-21/h3-9,14,20H,2,10-13H2,1H3,(H,23,24). The molecule has 1 N–H and O–H groups in total. The van der Waals surface area contributed by atoms with Crippen molar-refractivity contribution in [3.63, 3.8) is 0 Å². The Bertz CT molecular complexity index is 977. The number of H-pyrrole nitrogens is 1. The quantitative estimate of drug-likeness (QED) is 0.565. The Balaban J connectivity index is 1.44. The van der Waals surface area contributed by atoms with Crippen molar-refractivity contribution >= 4 is 11.5 Å². The van der Waals surface area contributed by atoms with E-state index in [1.165, 1.54) is 22.7 Å². The van der Waals surface area contributed by atoms with E-state index >= 15 is 0 Å². The fraction of sp³-hybridized carbons (Fsp3) is 0.318. The molecule has 0 amide bonds. The lowest BCUT2D eigenvalue weighted by Crippen LogP contribution is -2.08. The van der Waals surface area contributed by atoms with Gasteiger partial charge in [-0.1, -0.05) is 23.7 Å². The summed E-state index contributed by atoms with van der Waals surface area (Å²) in [6.07, 6.45) is 1.90. The van der Waals surface area contributed by atoms with Crippen LogP contribution in [0.25, 0.3) is 10.4 Å². The maximum atomic E-state index is 11.3. The van der Waals surface area contributed by atoms with Gasteiger partial charge in [0.25, 0.3) is 5.56 Å². The van der Waals surface area contributed by atoms with E-state index in [4.69, 9.17) is 14.2 Å². The highest BCUT2D eigenvalue weighted by molar-refractivity contribution is 7.09. The van der Waals surface area contributed by atoms with Crippen molar-refractivity contribution in [1.29, 1.82) is 0 Å². The molecule has 1 aliphatic carbocycles. The Hall–Kier alpha value is -2.57. The Morgan fingerprint density at radius 3 is 2.75 bits per heavy atom. The molecule has 1 aliphatic rings. The van der Waals surface area contributed by atoms with Crippen molar-refractivity contribution in [2.75, 3.05) is 19.8 Å². The number of hydrogen-bond donors (Lipinski definition) is 1. The van der Waals surface area contributed by atoms with Crippen LogP contribution in [-0.2, 0) is 11.2 Å². The predicted octanol–water partition coefficient (Wildman–Crippen LogP) is 4.59. The first-order valence-electron chi connectivity index (χ1n) is 9.52. The van der Waals surface area contributed by atoms with Crippen molar-refractivity contribution in [3.8, 4) is 21.9 Å². The van der Waals surface area contributed by atoms with E-state index in [-0.39, 0.29) is 11.7 Å². The molecule has 0 saturated carbocycles. The number of nitrogens with one attached hydrogen (secondary N) is 1. The van der Waals surface area contributed by atoms with Crippen molar-refractivity contribution < 1.29 is 14.2 Å². The topological polar surface area (TPSA) is 60.6 Å². The predicted molar refractivity (Wildman–Crippen MR) is 110 cm³/mol. The van der Waals surface area contributed by atoms with Crippen molar-refractivity contribution in [2.45, 2.75) is 25.9 Å². The summed E-state index contributed by atoms with van der Waals surface area (Å²) in [4.78, 5) is 12.2. The minimum atomic E-state index is -0.0674. The summed E-state index contributed by atoms with van der Waals surface area (Å²) in [6, 6.07) is 15.7. The second kappa shape index (κ2) is 8.63. The fourth-order valence-electron chi connectivity index (χ4n) is 3.48. The molecule has 0 spiro atoms. The lowest BCUT2D eigenvalue weighted by Gasteiger charge is -2.16. The van der Waals surface area contributed by atoms with Gasteiger partial charge in [0.1, 0.15) is 24.2 Å². The normalized spacial score (nSPS) is 15.4. The summed E-state index contributed by atoms with van der Waals surface area (Å²) < 4.78 is 20.2. The van der Waals surface area contributed by atoms with Crippen LogP contribution in [-0.4, -0.2) is 24.2 Å². The van der Waals surface area contributed by atoms with Gasteiger partial charge < -0.3 is 14.2 Å². The molecule has 3 aromatic rings. The molecule has 6 heteroatoms. The van der Waals surface area contributed by atoms with Crippen molar-refractivity contribution in [2.24, 2.45) is 0 Å². The second-order valence-electron chi connectivity index (χ2n) is 6.62. The van der Waals surface area contributed by atoms with Gasteiger partial charge in [-0.3, -0.25) is 9.17 Å². The highest BCUT2D eigenvalue weighted by atomic mass is 32.1. The van der Waals surface area contributed by atoms with Gasteiger partial charge in [0, 0.05) is 18.2 Å². The molecule has 0 bridgehead atoms. The van der Waals surface area contributed by atoms with Crippen LogP contribution in [0.2, 0.25) is 0 Å². The average molecular weight is 397 g/mol. The summed E-state index contributed by atoms with van der Waals surface area (Å²) in [5.41, 5.74) is 3.37. The van der Waals surface area contributed by atoms with Crippen LogP contribution >= 0.6 is 11.5 Å². The third-order valence-electron chi connectivity index (χ3n) is 4.80. The molecule has 146 valence electrons. The van der Waals surface area contributed by atoms with Crippen LogP contribution < -0.4 is 15.0 Å². The summed E-state index contributed by atoms with van der Waals surface area (Å²) in [5.74, 6) is 1.76. The van der Waals surface area contributed by atoms with Gasteiger partial charge >= 0.3 is 0 Å². The zero-order chi connectivity index (χ0) is 19.3. The van der Waals surface area contributed by atoms with E-state index < -0.39 is 0 Å². The molecule has 4 rings (SSSR count). The van der Waals surface area contributed by atoms with E-state index in [0.29, 0.717) is 19.8 Å². The zero-order valence-corrected chi connectivity index (χ0v) is 16.6. The molecular formula is C22H23NO4S. The third kappa shape index (κ3) is 4.13. The lowest BCUT2D eigenvalue weighted by atomic mass is 10.1. The minimum absolute atomic E-state index is 0.0274. The molecule has 1 unspecified atom stereocenters. The van der Waals surface area contributed by atoms with Crippen LogP contribution in [0.15, 0.2) is 53.3 Å². The molecule has 0 radical (unpaired) electrons. The van der Waals surface area contributed by atoms with Crippen LogP contribution in [0.4, 0.5) is 0 Å². The molecule has 28 heavy (non-hydrogen) atoms. The van der Waals surface area contributed by atoms with E-state index in [1.807, 2.05) is 43.3 Å². The third-order valence-corrected chi connectivity index (χ3v) is 5.68. The van der Waals surface area contributed by atoms with E-state index in [9.17, 15) is 4.79 Å². The number of aromatic nitrogens is 1. The number of ether oxygens (including phenoxy) is 3. The Labute approximate surface area is 168 Å². The van der Waals surface area contributed by atoms with Crippen LogP contribution in [0.1, 0.15) is 30.6 Å². The Morgan fingerprint density at radius 2 is 2.00 bits per heavy atom. The first-order valence-corrected chi connectivity index (χ1v) is 10.3. The number of rotatable bonds is 8. The summed E-state index contributed by atoms with van der Waals surface area (Å²) in [5, 5.41) is 0. The van der Waals surface area contributed by atoms with Crippen LogP contribution in [0.3, 0.4) is 0 Å². The summed E-state index contributed by atoms with van der Waals surface area (Å²) in [7, 11) is 0. The first-order chi connectivity index (χ1) is 13.7. The van der Waals surface area contributed by atoms with Gasteiger partial charge in [-0.2, -0.15) is 0 Å². The largest absolute Gasteiger partial charge is 0.491 e. The maximum Gasteiger partial charge on any atom is 0.258 e. The molecule has 0 saturated heterocycles. The number of fused-ring (bicyclic) bond motifs is 1. The highest BCUT2D eigenvalue weighted by Gasteiger charge is 2.26. The molecule has 1 heterocycles. The lowest BCUT2D eigenvalue weighted by molar-refractivity contribution is 0.110. The molecule has 5 nitrogen and oxygen atoms in total. The molecule has 0 fully saturated rings. The molecule has 0 aliphatic heterocycles. The van der Waals surface area contributed by atoms with Crippen molar-refractivity contribution in [3.05, 3.63) is 70.0 Å². The molecular weight excluding hydrogens is 374 g/mol. The number of aromatic amines is 1. The molecule has 1 aromatic heterocycles. The summed E-state index contributed by atoms with van der Waals surface area (Å²) in [6.45, 7) is 3.84. The van der Waals surface area contributed by atoms with Gasteiger partial charge in [-0.15, -0.1) is 0 Å². The Morgan fingerprint density at radius 1 is 1.14 bits per heavy atom. The molecule has 2 aromatic carbocycles. The number of hydrogen-bond acceptors (Lipinski definition) is 5. The molecule has 1 atom stereocenters. The maximum absolute atomic E-state index is 11.3. The van der Waals surface area contributed by atoms with E-state index in [1.54, 1.807) is 6.07 Å². The SMILES string of the molecule is CCOCCOc1cccc2c1CCC2Oc1ccc(-c2cc(=O)[nH]s2)cc1. The Kier molecular flexibility index (Phi) is 5.78. The van der Waals surface area contributed by atoms with Gasteiger partial charge in [-0.25, -0.2) is 0 Å². The smallest absolute Gasteiger partial charge is 0.258 e. The number of benzene rings is 2. The highest BCUT2D eigenvalue weighted by Crippen LogP contribution is 2.39. The van der Waals surface area contributed by atoms with Crippen LogP contribution in [0.5, 0.6) is 11.5 Å². The van der Waals surface area contributed by atoms with Gasteiger partial charge in [0.2, 0.25) is 0 Å². The monoisotopic (exact) mass is 397 g/mol.